The van der Waals surface area contributed by atoms with Crippen LogP contribution in [0.5, 0.6) is 0 Å². The highest BCUT2D eigenvalue weighted by Crippen LogP contribution is 2.46. The molecule has 0 aromatic carbocycles. The van der Waals surface area contributed by atoms with Crippen molar-refractivity contribution in [2.75, 3.05) is 32.3 Å². The number of rotatable bonds is 27. The van der Waals surface area contributed by atoms with Crippen molar-refractivity contribution in [3.05, 3.63) is 23.5 Å². The van der Waals surface area contributed by atoms with Crippen molar-refractivity contribution in [1.82, 2.24) is 19.9 Å². The number of hydrogen-bond acceptors (Lipinski definition) is 26. The van der Waals surface area contributed by atoms with Crippen LogP contribution in [-0.4, -0.2) is 215 Å². The van der Waals surface area contributed by atoms with Gasteiger partial charge >= 0.3 is 41.8 Å². The molecular weight excluding hydrogens is 1320 g/mol. The molecule has 6 heterocycles. The van der Waals surface area contributed by atoms with Crippen molar-refractivity contribution < 1.29 is 114 Å². The van der Waals surface area contributed by atoms with Gasteiger partial charge in [-0.05, 0) is 50.0 Å². The van der Waals surface area contributed by atoms with Gasteiger partial charge in [0.1, 0.15) is 44.2 Å². The SMILES string of the molecule is CC[C@H]1O[C@H](O[C@]2(CCl)O[C@H](Cn3cc(CCCO[C@@H]4OC(COC(C)=O)[C@@H](O[C@H]5OC(COC(C)=O)[C@@H](O[C@H]6OC(C)[C@@H](N(C(C)=O)[C@H]7C=C(COC(C)=O)[C@@H](C)[C@H](C)[C@H]7OC(C)=O)CC6C)[C@H](C)C5C)[C@H](C)C4OC(C)=O)nn3)[C@@H](C)[C@@H]2OC(C)=O)[C@H](C)[C@@H](OC(C)=O)[C@H]1Cl. The molecule has 5 fully saturated rings. The third kappa shape index (κ3) is 19.7. The van der Waals surface area contributed by atoms with Gasteiger partial charge in [-0.3, -0.25) is 38.4 Å². The van der Waals surface area contributed by atoms with Crippen LogP contribution in [0.25, 0.3) is 0 Å². The average molecular weight is 1420 g/mol. The van der Waals surface area contributed by atoms with Crippen LogP contribution in [0.4, 0.5) is 0 Å². The van der Waals surface area contributed by atoms with E-state index in [0.29, 0.717) is 31.4 Å². The lowest BCUT2D eigenvalue weighted by atomic mass is 9.75. The van der Waals surface area contributed by atoms with E-state index in [9.17, 15) is 38.4 Å². The van der Waals surface area contributed by atoms with E-state index < -0.39 is 181 Å². The van der Waals surface area contributed by atoms with Crippen molar-refractivity contribution in [3.63, 3.8) is 0 Å². The predicted octanol–water partition coefficient (Wildman–Crippen LogP) is 6.71. The summed E-state index contributed by atoms with van der Waals surface area (Å²) >= 11 is 13.4. The van der Waals surface area contributed by atoms with Gasteiger partial charge in [0.05, 0.1) is 72.7 Å². The largest absolute Gasteiger partial charge is 0.463 e. The molecule has 1 amide bonds. The zero-order chi connectivity index (χ0) is 71.7. The normalized spacial score (nSPS) is 38.2. The van der Waals surface area contributed by atoms with E-state index in [4.69, 9.17) is 99.0 Å². The van der Waals surface area contributed by atoms with Crippen LogP contribution < -0.4 is 0 Å². The van der Waals surface area contributed by atoms with Crippen LogP contribution in [0.3, 0.4) is 0 Å². The average Bonchev–Trinajstić information content (AvgIpc) is 1.75. The third-order valence-corrected chi connectivity index (χ3v) is 20.6. The van der Waals surface area contributed by atoms with Crippen molar-refractivity contribution >= 4 is 70.9 Å². The Bertz CT molecular complexity index is 2900. The third-order valence-electron chi connectivity index (χ3n) is 19.7. The highest BCUT2D eigenvalue weighted by atomic mass is 35.5. The minimum atomic E-state index is -1.69. The number of amides is 1. The zero-order valence-electron chi connectivity index (χ0n) is 59.1. The van der Waals surface area contributed by atoms with Crippen molar-refractivity contribution in [1.29, 1.82) is 0 Å². The van der Waals surface area contributed by atoms with E-state index in [2.05, 4.69) is 10.3 Å². The van der Waals surface area contributed by atoms with Crippen molar-refractivity contribution in [3.8, 4) is 0 Å². The van der Waals surface area contributed by atoms with Crippen LogP contribution >= 0.6 is 23.2 Å². The molecule has 0 bridgehead atoms. The quantitative estimate of drug-likeness (QED) is 0.0290. The van der Waals surface area contributed by atoms with Crippen molar-refractivity contribution in [2.24, 2.45) is 47.3 Å². The summed E-state index contributed by atoms with van der Waals surface area (Å²) in [6.07, 6.45) is -7.60. The van der Waals surface area contributed by atoms with Crippen LogP contribution in [0.15, 0.2) is 17.8 Å². The molecule has 1 aromatic rings. The Balaban J connectivity index is 1.01. The van der Waals surface area contributed by atoms with E-state index >= 15 is 0 Å². The van der Waals surface area contributed by atoms with Gasteiger partial charge in [-0.2, -0.15) is 0 Å². The first-order valence-electron chi connectivity index (χ1n) is 33.8. The molecule has 0 spiro atoms. The number of alkyl halides is 2. The topological polar surface area (TPSA) is 318 Å². The first-order valence-corrected chi connectivity index (χ1v) is 34.7. The summed E-state index contributed by atoms with van der Waals surface area (Å²) in [5, 5.41) is 8.11. The number of nitrogens with zero attached hydrogens (tertiary/aromatic N) is 4. The number of carbonyl (C=O) groups excluding carboxylic acids is 8. The van der Waals surface area contributed by atoms with E-state index in [1.807, 2.05) is 61.5 Å². The Hall–Kier alpha value is -5.14. The van der Waals surface area contributed by atoms with E-state index in [0.717, 1.165) is 5.57 Å². The number of aromatic nitrogens is 3. The summed E-state index contributed by atoms with van der Waals surface area (Å²) < 4.78 is 101. The number of esters is 7. The molecule has 0 N–H and O–H groups in total. The summed E-state index contributed by atoms with van der Waals surface area (Å²) in [6, 6.07) is -1.22. The second-order valence-corrected chi connectivity index (χ2v) is 27.8. The first kappa shape index (κ1) is 79.2. The molecule has 30 heteroatoms. The number of aryl methyl sites for hydroxylation is 1. The van der Waals surface area contributed by atoms with Gasteiger partial charge in [0.15, 0.2) is 37.4 Å². The Morgan fingerprint density at radius 1 is 0.608 bits per heavy atom. The first-order chi connectivity index (χ1) is 45.7. The summed E-state index contributed by atoms with van der Waals surface area (Å²) in [5.74, 6) is -9.24. The molecule has 5 saturated heterocycles. The highest BCUT2D eigenvalue weighted by Gasteiger charge is 2.60. The van der Waals surface area contributed by atoms with E-state index in [1.54, 1.807) is 29.6 Å². The molecule has 27 atom stereocenters. The van der Waals surface area contributed by atoms with Gasteiger partial charge in [-0.1, -0.05) is 73.6 Å². The molecule has 1 aliphatic carbocycles. The Morgan fingerprint density at radius 3 is 1.75 bits per heavy atom. The van der Waals surface area contributed by atoms with Crippen LogP contribution in [-0.2, 0) is 127 Å². The molecule has 7 rings (SSSR count). The van der Waals surface area contributed by atoms with Gasteiger partial charge in [0.2, 0.25) is 11.7 Å². The summed E-state index contributed by atoms with van der Waals surface area (Å²) in [7, 11) is 0. The number of ether oxygens (including phenoxy) is 16. The van der Waals surface area contributed by atoms with Crippen LogP contribution in [0.1, 0.15) is 150 Å². The minimum absolute atomic E-state index is 0.0166. The summed E-state index contributed by atoms with van der Waals surface area (Å²) in [4.78, 5) is 103. The fraction of sp³-hybridized carbons (Fsp3) is 0.821. The smallest absolute Gasteiger partial charge is 0.303 e. The Labute approximate surface area is 578 Å². The number of hydrogen-bond donors (Lipinski definition) is 0. The fourth-order valence-corrected chi connectivity index (χ4v) is 14.9. The lowest BCUT2D eigenvalue weighted by Crippen LogP contribution is -2.62. The van der Waals surface area contributed by atoms with E-state index in [-0.39, 0.29) is 68.4 Å². The molecular formula is C67H102Cl2N4O24. The maximum atomic E-state index is 13.9. The molecule has 97 heavy (non-hydrogen) atoms. The molecule has 6 aliphatic rings. The molecule has 0 saturated carbocycles. The monoisotopic (exact) mass is 1420 g/mol. The maximum Gasteiger partial charge on any atom is 0.303 e. The van der Waals surface area contributed by atoms with Crippen molar-refractivity contribution in [2.45, 2.75) is 272 Å². The van der Waals surface area contributed by atoms with Gasteiger partial charge < -0.3 is 80.7 Å². The summed E-state index contributed by atoms with van der Waals surface area (Å²) in [5.41, 5.74) is 1.40. The van der Waals surface area contributed by atoms with E-state index in [1.165, 1.54) is 55.4 Å². The van der Waals surface area contributed by atoms with Crippen LogP contribution in [0, 0.1) is 47.3 Å². The second kappa shape index (κ2) is 35.0. The van der Waals surface area contributed by atoms with Crippen LogP contribution in [0.2, 0.25) is 0 Å². The lowest BCUT2D eigenvalue weighted by molar-refractivity contribution is -0.354. The predicted molar refractivity (Wildman–Crippen MR) is 342 cm³/mol. The summed E-state index contributed by atoms with van der Waals surface area (Å²) in [6.45, 7) is 29.2. The lowest BCUT2D eigenvalue weighted by Gasteiger charge is -2.51. The zero-order valence-corrected chi connectivity index (χ0v) is 60.6. The standard InChI is InChI=1S/C67H102Cl2N4O24/c1-19-52-56(69)60(88-45(16)79)38(9)65(91-52)97-67(30-68)62(90-47(18)81)36(7)53(96-67)26-72-25-49(70-71-72)21-20-22-82-66-61(89-46(17)80)37(8)59(55(93-66)29-85-43(14)77)95-64-35(6)34(5)58(54(92-64)28-84-42(13)76)94-63-31(2)23-50(39(10)86-63)73(40(11)74)51-24-48(27-83-41(12)75)32(3)33(4)57(51)87-44(15)78/h24-25,31-39,50-66H,19-23,26-30H2,1-18H3/t31?,32-,33-,34+,35?,36+,37-,38+,39?,50-,51-,52+,53+,54?,55?,56-,57+,58-,59-,60+,61?,62-,63+,64+,65+,66+,67-/m0/s1. The molecule has 5 aliphatic heterocycles. The number of halogens is 2. The molecule has 28 nitrogen and oxygen atoms in total. The number of carbonyl (C=O) groups is 8. The van der Waals surface area contributed by atoms with Gasteiger partial charge in [-0.25, -0.2) is 4.68 Å². The fourth-order valence-electron chi connectivity index (χ4n) is 14.1. The Morgan fingerprint density at radius 2 is 1.18 bits per heavy atom. The molecule has 6 unspecified atom stereocenters. The maximum absolute atomic E-state index is 13.9. The van der Waals surface area contributed by atoms with Gasteiger partial charge in [0, 0.05) is 97.1 Å². The Kier molecular flexibility index (Phi) is 28.5. The molecule has 1 aromatic heterocycles. The van der Waals surface area contributed by atoms with Gasteiger partial charge in [-0.15, -0.1) is 28.3 Å². The minimum Gasteiger partial charge on any atom is -0.463 e. The molecule has 0 radical (unpaired) electrons. The van der Waals surface area contributed by atoms with Gasteiger partial charge in [0.25, 0.3) is 0 Å². The highest BCUT2D eigenvalue weighted by molar-refractivity contribution is 6.21. The second-order valence-electron chi connectivity index (χ2n) is 27.0. The molecule has 548 valence electrons.